The van der Waals surface area contributed by atoms with Crippen molar-refractivity contribution in [1.29, 1.82) is 0 Å². The van der Waals surface area contributed by atoms with Crippen LogP contribution in [-0.2, 0) is 11.3 Å². The fraction of sp³-hybridized carbons (Fsp3) is 0.444. The Balaban J connectivity index is 1.47. The fourth-order valence-corrected chi connectivity index (χ4v) is 3.82. The number of hydrogen-bond donors (Lipinski definition) is 0. The van der Waals surface area contributed by atoms with Gasteiger partial charge in [-0.15, -0.1) is 0 Å². The van der Waals surface area contributed by atoms with E-state index in [-0.39, 0.29) is 11.3 Å². The van der Waals surface area contributed by atoms with Crippen molar-refractivity contribution in [2.45, 2.75) is 19.4 Å². The molecule has 130 valence electrons. The van der Waals surface area contributed by atoms with Crippen molar-refractivity contribution < 1.29 is 9.53 Å². The molecule has 4 heterocycles. The molecule has 0 N–H and O–H groups in total. The second kappa shape index (κ2) is 6.31. The summed E-state index contributed by atoms with van der Waals surface area (Å²) < 4.78 is 5.18. The Morgan fingerprint density at radius 2 is 2.16 bits per heavy atom. The van der Waals surface area contributed by atoms with Crippen LogP contribution >= 0.6 is 0 Å². The Kier molecular flexibility index (Phi) is 3.99. The van der Waals surface area contributed by atoms with Gasteiger partial charge in [0.15, 0.2) is 0 Å². The maximum atomic E-state index is 13.1. The van der Waals surface area contributed by atoms with Gasteiger partial charge in [0, 0.05) is 44.6 Å². The van der Waals surface area contributed by atoms with Crippen LogP contribution < -0.4 is 9.64 Å². The maximum absolute atomic E-state index is 13.1. The summed E-state index contributed by atoms with van der Waals surface area (Å²) in [6, 6.07) is 5.75. The first-order valence-corrected chi connectivity index (χ1v) is 8.49. The van der Waals surface area contributed by atoms with Gasteiger partial charge in [0.1, 0.15) is 12.1 Å². The van der Waals surface area contributed by atoms with Gasteiger partial charge in [-0.1, -0.05) is 6.07 Å². The van der Waals surface area contributed by atoms with Crippen molar-refractivity contribution in [2.24, 2.45) is 5.41 Å². The molecule has 0 unspecified atom stereocenters. The number of pyridine rings is 1. The molecule has 2 aromatic heterocycles. The maximum Gasteiger partial charge on any atom is 0.231 e. The highest BCUT2D eigenvalue weighted by Crippen LogP contribution is 2.42. The molecule has 2 aromatic rings. The molecule has 1 spiro atoms. The first-order chi connectivity index (χ1) is 12.2. The summed E-state index contributed by atoms with van der Waals surface area (Å²) in [5.41, 5.74) is 0.781. The Morgan fingerprint density at radius 3 is 2.96 bits per heavy atom. The number of likely N-dealkylation sites (tertiary alicyclic amines) is 1. The third kappa shape index (κ3) is 2.90. The van der Waals surface area contributed by atoms with Gasteiger partial charge >= 0.3 is 0 Å². The average Bonchev–Trinajstić information content (AvgIpc) is 3.23. The largest absolute Gasteiger partial charge is 0.481 e. The summed E-state index contributed by atoms with van der Waals surface area (Å²) in [5.74, 6) is 1.61. The molecule has 0 radical (unpaired) electrons. The number of hydrogen-bond acceptors (Lipinski definition) is 6. The SMILES string of the molecule is COc1cc(N2CC[C@@]3(CCN(Cc4cccnc4)C3=O)C2)ncn1. The van der Waals surface area contributed by atoms with Crippen LogP contribution in [0.4, 0.5) is 5.82 Å². The molecule has 1 atom stereocenters. The minimum atomic E-state index is -0.291. The lowest BCUT2D eigenvalue weighted by atomic mass is 9.85. The van der Waals surface area contributed by atoms with Gasteiger partial charge in [0.25, 0.3) is 0 Å². The Labute approximate surface area is 146 Å². The molecule has 2 aliphatic heterocycles. The number of carbonyl (C=O) groups is 1. The Bertz CT molecular complexity index is 769. The molecule has 7 nitrogen and oxygen atoms in total. The molecule has 25 heavy (non-hydrogen) atoms. The Morgan fingerprint density at radius 1 is 1.28 bits per heavy atom. The molecule has 1 amide bonds. The number of methoxy groups -OCH3 is 1. The van der Waals surface area contributed by atoms with Gasteiger partial charge in [-0.05, 0) is 24.5 Å². The van der Waals surface area contributed by atoms with E-state index in [1.807, 2.05) is 29.3 Å². The third-order valence-electron chi connectivity index (χ3n) is 5.21. The molecule has 0 bridgehead atoms. The van der Waals surface area contributed by atoms with Crippen LogP contribution in [0.25, 0.3) is 0 Å². The van der Waals surface area contributed by atoms with E-state index in [4.69, 9.17) is 4.74 Å². The number of ether oxygens (including phenoxy) is 1. The van der Waals surface area contributed by atoms with Crippen molar-refractivity contribution in [1.82, 2.24) is 19.9 Å². The van der Waals surface area contributed by atoms with Gasteiger partial charge in [-0.25, -0.2) is 9.97 Å². The first-order valence-electron chi connectivity index (χ1n) is 8.49. The zero-order chi connectivity index (χ0) is 17.3. The van der Waals surface area contributed by atoms with Crippen molar-refractivity contribution in [2.75, 3.05) is 31.6 Å². The molecule has 2 aliphatic rings. The quantitative estimate of drug-likeness (QED) is 0.841. The van der Waals surface area contributed by atoms with Gasteiger partial charge in [0.2, 0.25) is 11.8 Å². The Hall–Kier alpha value is -2.70. The number of rotatable bonds is 4. The molecular weight excluding hydrogens is 318 g/mol. The number of nitrogens with zero attached hydrogens (tertiary/aromatic N) is 5. The molecule has 7 heteroatoms. The lowest BCUT2D eigenvalue weighted by molar-refractivity contribution is -0.135. The molecular formula is C18H21N5O2. The van der Waals surface area contributed by atoms with Crippen LogP contribution in [0.2, 0.25) is 0 Å². The normalized spacial score (nSPS) is 22.8. The molecule has 0 aliphatic carbocycles. The minimum absolute atomic E-state index is 0.250. The molecule has 2 fully saturated rings. The second-order valence-electron chi connectivity index (χ2n) is 6.71. The van der Waals surface area contributed by atoms with E-state index >= 15 is 0 Å². The van der Waals surface area contributed by atoms with Crippen molar-refractivity contribution in [3.8, 4) is 5.88 Å². The standard InChI is InChI=1S/C18H21N5O2/c1-25-16-9-15(20-13-21-16)23-8-5-18(12-23)4-7-22(17(18)24)11-14-3-2-6-19-10-14/h2-3,6,9-10,13H,4-5,7-8,11-12H2,1H3/t18-/m0/s1. The summed E-state index contributed by atoms with van der Waals surface area (Å²) in [7, 11) is 1.59. The summed E-state index contributed by atoms with van der Waals surface area (Å²) in [4.78, 5) is 29.7. The minimum Gasteiger partial charge on any atom is -0.481 e. The monoisotopic (exact) mass is 339 g/mol. The van der Waals surface area contributed by atoms with Gasteiger partial charge < -0.3 is 14.5 Å². The zero-order valence-electron chi connectivity index (χ0n) is 14.3. The zero-order valence-corrected chi connectivity index (χ0v) is 14.3. The number of amides is 1. The highest BCUT2D eigenvalue weighted by molar-refractivity contribution is 5.86. The van der Waals surface area contributed by atoms with Gasteiger partial charge in [-0.3, -0.25) is 9.78 Å². The van der Waals surface area contributed by atoms with Crippen molar-refractivity contribution >= 4 is 11.7 Å². The van der Waals surface area contributed by atoms with Gasteiger partial charge in [0.05, 0.1) is 12.5 Å². The summed E-state index contributed by atoms with van der Waals surface area (Å²) >= 11 is 0. The number of aromatic nitrogens is 3. The third-order valence-corrected chi connectivity index (χ3v) is 5.21. The van der Waals surface area contributed by atoms with E-state index in [0.29, 0.717) is 19.0 Å². The van der Waals surface area contributed by atoms with E-state index in [1.54, 1.807) is 13.3 Å². The van der Waals surface area contributed by atoms with Crippen LogP contribution in [0.5, 0.6) is 5.88 Å². The summed E-state index contributed by atoms with van der Waals surface area (Å²) in [6.07, 6.45) is 6.84. The number of carbonyl (C=O) groups excluding carboxylic acids is 1. The number of anilines is 1. The fourth-order valence-electron chi connectivity index (χ4n) is 3.82. The van der Waals surface area contributed by atoms with Crippen LogP contribution in [0.15, 0.2) is 36.9 Å². The molecule has 2 saturated heterocycles. The van der Waals surface area contributed by atoms with E-state index < -0.39 is 0 Å². The van der Waals surface area contributed by atoms with Crippen LogP contribution in [0, 0.1) is 5.41 Å². The summed E-state index contributed by atoms with van der Waals surface area (Å²) in [6.45, 7) is 2.96. The lowest BCUT2D eigenvalue weighted by Gasteiger charge is -2.24. The van der Waals surface area contributed by atoms with Gasteiger partial charge in [-0.2, -0.15) is 0 Å². The van der Waals surface area contributed by atoms with E-state index in [9.17, 15) is 4.79 Å². The second-order valence-corrected chi connectivity index (χ2v) is 6.71. The first kappa shape index (κ1) is 15.8. The molecule has 0 saturated carbocycles. The average molecular weight is 339 g/mol. The summed E-state index contributed by atoms with van der Waals surface area (Å²) in [5, 5.41) is 0. The highest BCUT2D eigenvalue weighted by atomic mass is 16.5. The topological polar surface area (TPSA) is 71.5 Å². The predicted molar refractivity (Wildman–Crippen MR) is 92.1 cm³/mol. The van der Waals surface area contributed by atoms with Crippen LogP contribution in [0.1, 0.15) is 18.4 Å². The van der Waals surface area contributed by atoms with Crippen molar-refractivity contribution in [3.05, 3.63) is 42.5 Å². The molecule has 4 rings (SSSR count). The van der Waals surface area contributed by atoms with E-state index in [1.165, 1.54) is 6.33 Å². The lowest BCUT2D eigenvalue weighted by Crippen LogP contribution is -2.36. The van der Waals surface area contributed by atoms with E-state index in [0.717, 1.165) is 37.3 Å². The predicted octanol–water partition coefficient (Wildman–Crippen LogP) is 1.51. The van der Waals surface area contributed by atoms with Crippen molar-refractivity contribution in [3.63, 3.8) is 0 Å². The van der Waals surface area contributed by atoms with Crippen LogP contribution in [-0.4, -0.2) is 52.5 Å². The van der Waals surface area contributed by atoms with E-state index in [2.05, 4.69) is 19.9 Å². The smallest absolute Gasteiger partial charge is 0.231 e. The highest BCUT2D eigenvalue weighted by Gasteiger charge is 2.50. The van der Waals surface area contributed by atoms with Crippen LogP contribution in [0.3, 0.4) is 0 Å². The molecule has 0 aromatic carbocycles.